The number of carbonyl (C=O) groups is 1. The first-order chi connectivity index (χ1) is 13.7. The highest BCUT2D eigenvalue weighted by molar-refractivity contribution is 5.89. The Labute approximate surface area is 164 Å². The normalized spacial score (nSPS) is 15.2. The molecule has 5 heteroatoms. The van der Waals surface area contributed by atoms with Crippen molar-refractivity contribution in [3.05, 3.63) is 71.7 Å². The average molecular weight is 380 g/mol. The van der Waals surface area contributed by atoms with Crippen LogP contribution in [-0.2, 0) is 22.4 Å². The molecule has 0 saturated carbocycles. The second-order valence-electron chi connectivity index (χ2n) is 7.37. The number of fused-ring (bicyclic) bond motifs is 1. The van der Waals surface area contributed by atoms with Crippen molar-refractivity contribution in [3.63, 3.8) is 0 Å². The Hall–Kier alpha value is -2.66. The maximum Gasteiger partial charge on any atom is 0.227 e. The van der Waals surface area contributed by atoms with Gasteiger partial charge < -0.3 is 14.6 Å². The quantitative estimate of drug-likeness (QED) is 0.700. The Morgan fingerprint density at radius 2 is 1.93 bits per heavy atom. The highest BCUT2D eigenvalue weighted by Crippen LogP contribution is 2.21. The van der Waals surface area contributed by atoms with Crippen LogP contribution in [0.15, 0.2) is 54.7 Å². The molecular formula is C23H25FN2O2. The first-order valence-electron chi connectivity index (χ1n) is 9.88. The second kappa shape index (κ2) is 8.57. The van der Waals surface area contributed by atoms with Gasteiger partial charge in [-0.15, -0.1) is 0 Å². The maximum absolute atomic E-state index is 13.5. The van der Waals surface area contributed by atoms with Crippen molar-refractivity contribution in [2.45, 2.75) is 31.8 Å². The van der Waals surface area contributed by atoms with Crippen LogP contribution in [0.3, 0.4) is 0 Å². The van der Waals surface area contributed by atoms with Gasteiger partial charge in [-0.3, -0.25) is 4.79 Å². The number of aromatic amines is 1. The highest BCUT2D eigenvalue weighted by atomic mass is 19.1. The Morgan fingerprint density at radius 3 is 2.71 bits per heavy atom. The molecule has 1 amide bonds. The van der Waals surface area contributed by atoms with Gasteiger partial charge in [0.25, 0.3) is 0 Å². The van der Waals surface area contributed by atoms with E-state index < -0.39 is 0 Å². The molecule has 4 rings (SSSR count). The minimum Gasteiger partial charge on any atom is -0.378 e. The third-order valence-electron chi connectivity index (χ3n) is 5.45. The SMILES string of the molecule is O=C(Cc1c[nH]c2ccc(F)cc12)N1CCC(OCCc2ccccc2)CC1. The third-order valence-corrected chi connectivity index (χ3v) is 5.45. The molecule has 1 aromatic heterocycles. The summed E-state index contributed by atoms with van der Waals surface area (Å²) in [6.07, 6.45) is 4.96. The van der Waals surface area contributed by atoms with Crippen LogP contribution in [0.5, 0.6) is 0 Å². The van der Waals surface area contributed by atoms with E-state index in [2.05, 4.69) is 17.1 Å². The van der Waals surface area contributed by atoms with Gasteiger partial charge in [0.1, 0.15) is 5.82 Å². The maximum atomic E-state index is 13.5. The number of halogens is 1. The summed E-state index contributed by atoms with van der Waals surface area (Å²) in [5.74, 6) is -0.192. The first kappa shape index (κ1) is 18.7. The highest BCUT2D eigenvalue weighted by Gasteiger charge is 2.23. The predicted octanol–water partition coefficient (Wildman–Crippen LogP) is 4.10. The summed E-state index contributed by atoms with van der Waals surface area (Å²) in [4.78, 5) is 17.7. The lowest BCUT2D eigenvalue weighted by molar-refractivity contribution is -0.133. The fourth-order valence-electron chi connectivity index (χ4n) is 3.83. The molecule has 0 aliphatic carbocycles. The first-order valence-corrected chi connectivity index (χ1v) is 9.88. The zero-order chi connectivity index (χ0) is 19.3. The van der Waals surface area contributed by atoms with Gasteiger partial charge in [-0.05, 0) is 48.6 Å². The summed E-state index contributed by atoms with van der Waals surface area (Å²) in [6, 6.07) is 14.9. The second-order valence-corrected chi connectivity index (χ2v) is 7.37. The Morgan fingerprint density at radius 1 is 1.14 bits per heavy atom. The Bertz CT molecular complexity index is 930. The number of carbonyl (C=O) groups excluding carboxylic acids is 1. The largest absolute Gasteiger partial charge is 0.378 e. The van der Waals surface area contributed by atoms with E-state index in [1.165, 1.54) is 17.7 Å². The lowest BCUT2D eigenvalue weighted by atomic mass is 10.1. The number of hydrogen-bond donors (Lipinski definition) is 1. The van der Waals surface area contributed by atoms with Gasteiger partial charge >= 0.3 is 0 Å². The molecule has 28 heavy (non-hydrogen) atoms. The van der Waals surface area contributed by atoms with E-state index >= 15 is 0 Å². The fourth-order valence-corrected chi connectivity index (χ4v) is 3.83. The predicted molar refractivity (Wildman–Crippen MR) is 108 cm³/mol. The minimum absolute atomic E-state index is 0.0906. The van der Waals surface area contributed by atoms with E-state index in [4.69, 9.17) is 4.74 Å². The molecule has 146 valence electrons. The molecule has 1 aliphatic heterocycles. The Kier molecular flexibility index (Phi) is 5.72. The Balaban J connectivity index is 1.25. The third kappa shape index (κ3) is 4.42. The molecule has 0 bridgehead atoms. The van der Waals surface area contributed by atoms with Crippen molar-refractivity contribution < 1.29 is 13.9 Å². The molecule has 1 fully saturated rings. The lowest BCUT2D eigenvalue weighted by Crippen LogP contribution is -2.41. The molecule has 2 aromatic carbocycles. The van der Waals surface area contributed by atoms with Crippen molar-refractivity contribution in [1.29, 1.82) is 0 Å². The average Bonchev–Trinajstić information content (AvgIpc) is 3.11. The molecule has 1 N–H and O–H groups in total. The minimum atomic E-state index is -0.283. The van der Waals surface area contributed by atoms with Crippen LogP contribution in [-0.4, -0.2) is 41.6 Å². The number of ether oxygens (including phenoxy) is 1. The van der Waals surface area contributed by atoms with Gasteiger partial charge in [0.2, 0.25) is 5.91 Å². The van der Waals surface area contributed by atoms with E-state index in [1.807, 2.05) is 23.1 Å². The molecule has 0 unspecified atom stereocenters. The molecule has 1 aliphatic rings. The molecule has 0 spiro atoms. The monoisotopic (exact) mass is 380 g/mol. The van der Waals surface area contributed by atoms with Crippen LogP contribution < -0.4 is 0 Å². The molecule has 0 radical (unpaired) electrons. The summed E-state index contributed by atoms with van der Waals surface area (Å²) in [5, 5.41) is 0.785. The number of hydrogen-bond acceptors (Lipinski definition) is 2. The van der Waals surface area contributed by atoms with Crippen molar-refractivity contribution in [3.8, 4) is 0 Å². The molecule has 1 saturated heterocycles. The standard InChI is InChI=1S/C23H25FN2O2/c24-19-6-7-22-21(15-19)18(16-25-22)14-23(27)26-11-8-20(9-12-26)28-13-10-17-4-2-1-3-5-17/h1-7,15-16,20,25H,8-14H2. The van der Waals surface area contributed by atoms with Gasteiger partial charge in [0.05, 0.1) is 19.1 Å². The number of nitrogens with one attached hydrogen (secondary N) is 1. The summed E-state index contributed by atoms with van der Waals surface area (Å²) < 4.78 is 19.5. The number of rotatable bonds is 6. The van der Waals surface area contributed by atoms with Gasteiger partial charge in [-0.2, -0.15) is 0 Å². The molecule has 4 nitrogen and oxygen atoms in total. The van der Waals surface area contributed by atoms with E-state index in [-0.39, 0.29) is 17.8 Å². The smallest absolute Gasteiger partial charge is 0.227 e. The number of H-pyrrole nitrogens is 1. The van der Waals surface area contributed by atoms with Crippen LogP contribution in [0.4, 0.5) is 4.39 Å². The molecule has 3 aromatic rings. The summed E-state index contributed by atoms with van der Waals surface area (Å²) >= 11 is 0. The summed E-state index contributed by atoms with van der Waals surface area (Å²) in [5.41, 5.74) is 2.99. The van der Waals surface area contributed by atoms with E-state index in [1.54, 1.807) is 12.3 Å². The number of benzene rings is 2. The fraction of sp³-hybridized carbons (Fsp3) is 0.348. The molecular weight excluding hydrogens is 355 g/mol. The van der Waals surface area contributed by atoms with Gasteiger partial charge in [-0.25, -0.2) is 4.39 Å². The van der Waals surface area contributed by atoms with Crippen molar-refractivity contribution in [2.24, 2.45) is 0 Å². The topological polar surface area (TPSA) is 45.3 Å². The van der Waals surface area contributed by atoms with E-state index in [9.17, 15) is 9.18 Å². The zero-order valence-electron chi connectivity index (χ0n) is 15.9. The van der Waals surface area contributed by atoms with E-state index in [0.717, 1.165) is 35.7 Å². The number of likely N-dealkylation sites (tertiary alicyclic amines) is 1. The van der Waals surface area contributed by atoms with Gasteiger partial charge in [0, 0.05) is 30.2 Å². The van der Waals surface area contributed by atoms with Crippen LogP contribution in [0.1, 0.15) is 24.0 Å². The summed E-state index contributed by atoms with van der Waals surface area (Å²) in [6.45, 7) is 2.14. The zero-order valence-corrected chi connectivity index (χ0v) is 15.9. The van der Waals surface area contributed by atoms with Crippen LogP contribution in [0.2, 0.25) is 0 Å². The number of aromatic nitrogens is 1. The van der Waals surface area contributed by atoms with Crippen molar-refractivity contribution >= 4 is 16.8 Å². The summed E-state index contributed by atoms with van der Waals surface area (Å²) in [7, 11) is 0. The number of nitrogens with zero attached hydrogens (tertiary/aromatic N) is 1. The van der Waals surface area contributed by atoms with Crippen LogP contribution in [0.25, 0.3) is 10.9 Å². The van der Waals surface area contributed by atoms with Crippen molar-refractivity contribution in [2.75, 3.05) is 19.7 Å². The van der Waals surface area contributed by atoms with Gasteiger partial charge in [0.15, 0.2) is 0 Å². The van der Waals surface area contributed by atoms with Gasteiger partial charge in [-0.1, -0.05) is 30.3 Å². The van der Waals surface area contributed by atoms with Crippen LogP contribution >= 0.6 is 0 Å². The van der Waals surface area contributed by atoms with E-state index in [0.29, 0.717) is 26.1 Å². The lowest BCUT2D eigenvalue weighted by Gasteiger charge is -2.32. The van der Waals surface area contributed by atoms with Crippen LogP contribution in [0, 0.1) is 5.82 Å². The van der Waals surface area contributed by atoms with Crippen molar-refractivity contribution in [1.82, 2.24) is 9.88 Å². The molecule has 0 atom stereocenters. The number of amides is 1. The number of piperidine rings is 1. The molecule has 2 heterocycles.